The van der Waals surface area contributed by atoms with Crippen molar-refractivity contribution >= 4 is 11.7 Å². The number of halogens is 3. The van der Waals surface area contributed by atoms with Crippen molar-refractivity contribution in [2.75, 3.05) is 12.3 Å². The molecule has 6 nitrogen and oxygen atoms in total. The summed E-state index contributed by atoms with van der Waals surface area (Å²) in [6.07, 6.45) is -4.40. The van der Waals surface area contributed by atoms with E-state index in [1.165, 1.54) is 13.0 Å². The zero-order valence-electron chi connectivity index (χ0n) is 9.61. The summed E-state index contributed by atoms with van der Waals surface area (Å²) in [5, 5.41) is 8.77. The molecule has 1 rings (SSSR count). The number of nitriles is 1. The van der Waals surface area contributed by atoms with Gasteiger partial charge in [0.1, 0.15) is 11.6 Å². The van der Waals surface area contributed by atoms with Crippen LogP contribution in [0.25, 0.3) is 0 Å². The van der Waals surface area contributed by atoms with Gasteiger partial charge in [0.2, 0.25) is 0 Å². The highest BCUT2D eigenvalue weighted by atomic mass is 19.4. The summed E-state index contributed by atoms with van der Waals surface area (Å²) in [5.74, 6) is -1.81. The van der Waals surface area contributed by atoms with Gasteiger partial charge in [-0.15, -0.1) is 13.2 Å². The number of hydrogen-bond acceptors (Lipinski definition) is 6. The van der Waals surface area contributed by atoms with Crippen molar-refractivity contribution < 1.29 is 27.4 Å². The summed E-state index contributed by atoms with van der Waals surface area (Å²) in [7, 11) is 0. The maximum atomic E-state index is 12.1. The lowest BCUT2D eigenvalue weighted by Gasteiger charge is -2.12. The van der Waals surface area contributed by atoms with Crippen LogP contribution in [0.3, 0.4) is 0 Å². The number of ether oxygens (including phenoxy) is 2. The Bertz CT molecular complexity index is 537. The van der Waals surface area contributed by atoms with Crippen LogP contribution in [0.4, 0.5) is 18.9 Å². The highest BCUT2D eigenvalue weighted by molar-refractivity contribution is 5.94. The van der Waals surface area contributed by atoms with E-state index in [0.29, 0.717) is 6.20 Å². The monoisotopic (exact) mass is 275 g/mol. The quantitative estimate of drug-likeness (QED) is 0.841. The second kappa shape index (κ2) is 5.43. The molecule has 1 aromatic rings. The second-order valence-corrected chi connectivity index (χ2v) is 3.14. The lowest BCUT2D eigenvalue weighted by atomic mass is 10.2. The average Bonchev–Trinajstić information content (AvgIpc) is 2.27. The van der Waals surface area contributed by atoms with Crippen LogP contribution in [0.2, 0.25) is 0 Å². The van der Waals surface area contributed by atoms with Crippen molar-refractivity contribution in [3.63, 3.8) is 0 Å². The molecule has 0 saturated heterocycles. The second-order valence-electron chi connectivity index (χ2n) is 3.14. The third-order valence-electron chi connectivity index (χ3n) is 1.89. The van der Waals surface area contributed by atoms with Crippen LogP contribution in [0.1, 0.15) is 23.0 Å². The Balaban J connectivity index is 3.24. The number of hydrogen-bond donors (Lipinski definition) is 1. The van der Waals surface area contributed by atoms with Gasteiger partial charge in [0.15, 0.2) is 11.4 Å². The number of carbonyl (C=O) groups excluding carboxylic acids is 1. The fourth-order valence-corrected chi connectivity index (χ4v) is 1.19. The van der Waals surface area contributed by atoms with Crippen molar-refractivity contribution in [3.8, 4) is 11.8 Å². The molecule has 9 heteroatoms. The van der Waals surface area contributed by atoms with Crippen LogP contribution in [-0.2, 0) is 4.74 Å². The molecule has 0 bridgehead atoms. The number of pyridine rings is 1. The average molecular weight is 275 g/mol. The van der Waals surface area contributed by atoms with Gasteiger partial charge in [-0.3, -0.25) is 0 Å². The Morgan fingerprint density at radius 1 is 1.58 bits per heavy atom. The molecule has 0 atom stereocenters. The van der Waals surface area contributed by atoms with Crippen LogP contribution >= 0.6 is 0 Å². The third kappa shape index (κ3) is 3.48. The molecule has 0 amide bonds. The number of nitrogen functional groups attached to an aromatic ring is 1. The predicted octanol–water partition coefficient (Wildman–Crippen LogP) is 1.61. The van der Waals surface area contributed by atoms with Gasteiger partial charge < -0.3 is 15.2 Å². The molecule has 0 aliphatic heterocycles. The molecule has 0 radical (unpaired) electrons. The lowest BCUT2D eigenvalue weighted by molar-refractivity contribution is -0.274. The summed E-state index contributed by atoms with van der Waals surface area (Å²) < 4.78 is 44.4. The third-order valence-corrected chi connectivity index (χ3v) is 1.89. The van der Waals surface area contributed by atoms with Gasteiger partial charge in [-0.2, -0.15) is 5.26 Å². The molecule has 0 aromatic carbocycles. The molecule has 0 fully saturated rings. The van der Waals surface area contributed by atoms with Gasteiger partial charge in [-0.05, 0) is 6.92 Å². The Hall–Kier alpha value is -2.50. The fraction of sp³-hybridized carbons (Fsp3) is 0.300. The molecule has 102 valence electrons. The number of carbonyl (C=O) groups is 1. The Kier molecular flexibility index (Phi) is 4.16. The first-order valence-electron chi connectivity index (χ1n) is 4.91. The van der Waals surface area contributed by atoms with Crippen LogP contribution in [0.5, 0.6) is 5.75 Å². The first-order valence-corrected chi connectivity index (χ1v) is 4.91. The summed E-state index contributed by atoms with van der Waals surface area (Å²) in [6.45, 7) is 1.56. The van der Waals surface area contributed by atoms with Gasteiger partial charge in [-0.25, -0.2) is 9.78 Å². The van der Waals surface area contributed by atoms with Gasteiger partial charge in [0.05, 0.1) is 18.5 Å². The zero-order valence-corrected chi connectivity index (χ0v) is 9.61. The molecule has 0 aliphatic carbocycles. The number of rotatable bonds is 3. The smallest absolute Gasteiger partial charge is 0.461 e. The first kappa shape index (κ1) is 14.6. The van der Waals surface area contributed by atoms with Gasteiger partial charge >= 0.3 is 12.3 Å². The van der Waals surface area contributed by atoms with Gasteiger partial charge in [0.25, 0.3) is 0 Å². The topological polar surface area (TPSA) is 98.2 Å². The Morgan fingerprint density at radius 2 is 2.21 bits per heavy atom. The van der Waals surface area contributed by atoms with E-state index >= 15 is 0 Å². The van der Waals surface area contributed by atoms with E-state index in [2.05, 4.69) is 14.5 Å². The summed E-state index contributed by atoms with van der Waals surface area (Å²) in [6, 6.07) is 1.43. The van der Waals surface area contributed by atoms with Crippen LogP contribution in [-0.4, -0.2) is 23.9 Å². The minimum atomic E-state index is -4.99. The normalized spacial score (nSPS) is 10.7. The van der Waals surface area contributed by atoms with E-state index in [9.17, 15) is 18.0 Å². The number of nitrogens with zero attached hydrogens (tertiary/aromatic N) is 2. The molecule has 19 heavy (non-hydrogen) atoms. The minimum absolute atomic E-state index is 0.0304. The van der Waals surface area contributed by atoms with E-state index in [4.69, 9.17) is 11.0 Å². The fourth-order valence-electron chi connectivity index (χ4n) is 1.19. The summed E-state index contributed by atoms with van der Waals surface area (Å²) in [5.41, 5.74) is 3.82. The van der Waals surface area contributed by atoms with Crippen LogP contribution in [0, 0.1) is 11.3 Å². The molecule has 2 N–H and O–H groups in total. The first-order chi connectivity index (χ1) is 8.80. The molecule has 1 heterocycles. The molecule has 0 spiro atoms. The zero-order chi connectivity index (χ0) is 14.6. The van der Waals surface area contributed by atoms with Crippen molar-refractivity contribution in [2.45, 2.75) is 13.3 Å². The molecule has 0 saturated carbocycles. The van der Waals surface area contributed by atoms with Gasteiger partial charge in [0, 0.05) is 0 Å². The van der Waals surface area contributed by atoms with Crippen molar-refractivity contribution in [1.82, 2.24) is 4.98 Å². The Morgan fingerprint density at radius 3 is 2.68 bits per heavy atom. The van der Waals surface area contributed by atoms with Crippen molar-refractivity contribution in [1.29, 1.82) is 5.26 Å². The summed E-state index contributed by atoms with van der Waals surface area (Å²) in [4.78, 5) is 14.8. The number of nitrogens with two attached hydrogens (primary N) is 1. The van der Waals surface area contributed by atoms with E-state index in [-0.39, 0.29) is 6.61 Å². The van der Waals surface area contributed by atoms with Crippen LogP contribution in [0.15, 0.2) is 6.20 Å². The van der Waals surface area contributed by atoms with Gasteiger partial charge in [-0.1, -0.05) is 0 Å². The number of aromatic nitrogens is 1. The molecule has 0 aliphatic rings. The van der Waals surface area contributed by atoms with Crippen molar-refractivity contribution in [3.05, 3.63) is 17.5 Å². The SMILES string of the molecule is CCOC(=O)c1ncc(OC(F)(F)F)c(C#N)c1N. The van der Waals surface area contributed by atoms with Crippen LogP contribution < -0.4 is 10.5 Å². The highest BCUT2D eigenvalue weighted by Gasteiger charge is 2.33. The predicted molar refractivity (Wildman–Crippen MR) is 56.0 cm³/mol. The van der Waals surface area contributed by atoms with Crippen molar-refractivity contribution in [2.24, 2.45) is 0 Å². The highest BCUT2D eigenvalue weighted by Crippen LogP contribution is 2.30. The minimum Gasteiger partial charge on any atom is -0.461 e. The molecule has 1 aromatic heterocycles. The maximum absolute atomic E-state index is 12.1. The summed E-state index contributed by atoms with van der Waals surface area (Å²) >= 11 is 0. The number of esters is 1. The van der Waals surface area contributed by atoms with E-state index in [1.807, 2.05) is 0 Å². The molecular formula is C10H8F3N3O3. The van der Waals surface area contributed by atoms with E-state index in [0.717, 1.165) is 0 Å². The Labute approximate surface area is 105 Å². The standard InChI is InChI=1S/C10H8F3N3O3/c1-2-18-9(17)8-7(15)5(3-14)6(4-16-8)19-10(11,12)13/h4H,2,15H2,1H3. The van der Waals surface area contributed by atoms with E-state index in [1.54, 1.807) is 0 Å². The number of anilines is 1. The maximum Gasteiger partial charge on any atom is 0.573 e. The molecular weight excluding hydrogens is 267 g/mol. The lowest BCUT2D eigenvalue weighted by Crippen LogP contribution is -2.19. The largest absolute Gasteiger partial charge is 0.573 e. The number of alkyl halides is 3. The molecule has 0 unspecified atom stereocenters. The van der Waals surface area contributed by atoms with E-state index < -0.39 is 35.0 Å².